The van der Waals surface area contributed by atoms with Crippen LogP contribution in [0.2, 0.25) is 0 Å². The van der Waals surface area contributed by atoms with E-state index in [1.807, 2.05) is 0 Å². The number of rotatable bonds is 1. The maximum absolute atomic E-state index is 12.6. The third kappa shape index (κ3) is 2.80. The normalized spacial score (nSPS) is 26.1. The van der Waals surface area contributed by atoms with Crippen molar-refractivity contribution in [3.8, 4) is 0 Å². The van der Waals surface area contributed by atoms with Crippen molar-refractivity contribution in [3.05, 3.63) is 0 Å². The zero-order valence-corrected chi connectivity index (χ0v) is 7.45. The molecule has 1 rings (SSSR count). The van der Waals surface area contributed by atoms with Crippen molar-refractivity contribution < 1.29 is 22.0 Å². The molecule has 0 radical (unpaired) electrons. The lowest BCUT2D eigenvalue weighted by Gasteiger charge is -2.32. The molecule has 0 spiro atoms. The second kappa shape index (κ2) is 3.64. The fraction of sp³-hybridized carbons (Fsp3) is 1.00. The van der Waals surface area contributed by atoms with Crippen LogP contribution < -0.4 is 5.73 Å². The van der Waals surface area contributed by atoms with Crippen molar-refractivity contribution >= 4 is 0 Å². The highest BCUT2D eigenvalue weighted by Crippen LogP contribution is 2.39. The van der Waals surface area contributed by atoms with Crippen molar-refractivity contribution in [3.63, 3.8) is 0 Å². The van der Waals surface area contributed by atoms with E-state index in [1.54, 1.807) is 0 Å². The van der Waals surface area contributed by atoms with Gasteiger partial charge in [0, 0.05) is 12.8 Å². The van der Waals surface area contributed by atoms with Crippen molar-refractivity contribution in [2.45, 2.75) is 43.8 Å². The quantitative estimate of drug-likeness (QED) is 0.671. The molecule has 1 unspecified atom stereocenters. The zero-order chi connectivity index (χ0) is 11.0. The molecule has 0 heterocycles. The van der Waals surface area contributed by atoms with Gasteiger partial charge < -0.3 is 5.73 Å². The lowest BCUT2D eigenvalue weighted by Crippen LogP contribution is -2.46. The standard InChI is InChI=1S/C8H12F5N/c9-7(10)3-1-5(2-4-7)6(14)8(11,12)13/h5-6H,1-4,14H2. The molecule has 0 aromatic heterocycles. The number of nitrogens with two attached hydrogens (primary N) is 1. The molecule has 1 aliphatic rings. The van der Waals surface area contributed by atoms with Gasteiger partial charge in [0.05, 0.1) is 0 Å². The molecule has 1 nitrogen and oxygen atoms in total. The molecule has 0 bridgehead atoms. The van der Waals surface area contributed by atoms with Crippen LogP contribution in [0.25, 0.3) is 0 Å². The van der Waals surface area contributed by atoms with Crippen LogP contribution in [-0.4, -0.2) is 18.1 Å². The molecule has 84 valence electrons. The Morgan fingerprint density at radius 2 is 1.57 bits per heavy atom. The first-order valence-electron chi connectivity index (χ1n) is 4.42. The van der Waals surface area contributed by atoms with Gasteiger partial charge in [0.2, 0.25) is 5.92 Å². The first-order chi connectivity index (χ1) is 6.22. The van der Waals surface area contributed by atoms with Gasteiger partial charge >= 0.3 is 6.18 Å². The second-order valence-electron chi connectivity index (χ2n) is 3.76. The largest absolute Gasteiger partial charge is 0.403 e. The summed E-state index contributed by atoms with van der Waals surface area (Å²) in [6.45, 7) is 0. The molecule has 6 heteroatoms. The molecule has 1 atom stereocenters. The Morgan fingerprint density at radius 1 is 1.14 bits per heavy atom. The topological polar surface area (TPSA) is 26.0 Å². The average molecular weight is 217 g/mol. The van der Waals surface area contributed by atoms with E-state index in [9.17, 15) is 22.0 Å². The van der Waals surface area contributed by atoms with E-state index < -0.39 is 36.9 Å². The Bertz CT molecular complexity index is 190. The molecule has 14 heavy (non-hydrogen) atoms. The molecule has 1 saturated carbocycles. The maximum Gasteiger partial charge on any atom is 0.403 e. The van der Waals surface area contributed by atoms with Crippen LogP contribution in [0.5, 0.6) is 0 Å². The van der Waals surface area contributed by atoms with Gasteiger partial charge in [0.25, 0.3) is 0 Å². The van der Waals surface area contributed by atoms with Gasteiger partial charge in [0.15, 0.2) is 0 Å². The van der Waals surface area contributed by atoms with Crippen LogP contribution in [0.3, 0.4) is 0 Å². The Balaban J connectivity index is 2.50. The Morgan fingerprint density at radius 3 is 1.93 bits per heavy atom. The Labute approximate surface area is 78.5 Å². The number of hydrogen-bond donors (Lipinski definition) is 1. The van der Waals surface area contributed by atoms with Gasteiger partial charge in [-0.15, -0.1) is 0 Å². The lowest BCUT2D eigenvalue weighted by atomic mass is 9.82. The number of alkyl halides is 5. The number of hydrogen-bond acceptors (Lipinski definition) is 1. The van der Waals surface area contributed by atoms with Crippen molar-refractivity contribution in [1.82, 2.24) is 0 Å². The molecule has 0 aromatic rings. The minimum atomic E-state index is -4.47. The van der Waals surface area contributed by atoms with E-state index in [-0.39, 0.29) is 12.8 Å². The molecule has 2 N–H and O–H groups in total. The summed E-state index contributed by atoms with van der Waals surface area (Å²) in [6.07, 6.45) is -5.73. The summed E-state index contributed by atoms with van der Waals surface area (Å²) in [6, 6.07) is -1.96. The highest BCUT2D eigenvalue weighted by atomic mass is 19.4. The van der Waals surface area contributed by atoms with Crippen LogP contribution in [0, 0.1) is 5.92 Å². The van der Waals surface area contributed by atoms with Crippen molar-refractivity contribution in [2.75, 3.05) is 0 Å². The van der Waals surface area contributed by atoms with Crippen LogP contribution in [0.4, 0.5) is 22.0 Å². The monoisotopic (exact) mass is 217 g/mol. The first-order valence-corrected chi connectivity index (χ1v) is 4.42. The maximum atomic E-state index is 12.6. The molecular weight excluding hydrogens is 205 g/mol. The summed E-state index contributed by atoms with van der Waals surface area (Å²) in [4.78, 5) is 0. The van der Waals surface area contributed by atoms with Crippen molar-refractivity contribution in [2.24, 2.45) is 11.7 Å². The molecule has 0 amide bonds. The summed E-state index contributed by atoms with van der Waals surface area (Å²) < 4.78 is 61.6. The summed E-state index contributed by atoms with van der Waals surface area (Å²) >= 11 is 0. The van der Waals surface area contributed by atoms with E-state index in [0.29, 0.717) is 0 Å². The fourth-order valence-corrected chi connectivity index (χ4v) is 1.69. The second-order valence-corrected chi connectivity index (χ2v) is 3.76. The van der Waals surface area contributed by atoms with Gasteiger partial charge in [-0.1, -0.05) is 0 Å². The number of halogens is 5. The molecule has 1 aliphatic carbocycles. The average Bonchev–Trinajstić information content (AvgIpc) is 2.01. The summed E-state index contributed by atoms with van der Waals surface area (Å²) in [5.41, 5.74) is 4.94. The minimum Gasteiger partial charge on any atom is -0.320 e. The predicted octanol–water partition coefficient (Wildman–Crippen LogP) is 2.70. The van der Waals surface area contributed by atoms with Gasteiger partial charge in [-0.3, -0.25) is 0 Å². The SMILES string of the molecule is NC(C1CCC(F)(F)CC1)C(F)(F)F. The van der Waals surface area contributed by atoms with Crippen LogP contribution in [0.15, 0.2) is 0 Å². The lowest BCUT2D eigenvalue weighted by molar-refractivity contribution is -0.167. The molecular formula is C8H12F5N. The highest BCUT2D eigenvalue weighted by Gasteiger charge is 2.45. The van der Waals surface area contributed by atoms with Crippen molar-refractivity contribution in [1.29, 1.82) is 0 Å². The van der Waals surface area contributed by atoms with E-state index in [2.05, 4.69) is 0 Å². The summed E-state index contributed by atoms with van der Waals surface area (Å²) in [5, 5.41) is 0. The zero-order valence-electron chi connectivity index (χ0n) is 7.45. The predicted molar refractivity (Wildman–Crippen MR) is 40.9 cm³/mol. The molecule has 0 aliphatic heterocycles. The third-order valence-corrected chi connectivity index (χ3v) is 2.65. The van der Waals surface area contributed by atoms with E-state index in [4.69, 9.17) is 5.73 Å². The first kappa shape index (κ1) is 11.7. The van der Waals surface area contributed by atoms with Gasteiger partial charge in [-0.2, -0.15) is 13.2 Å². The van der Waals surface area contributed by atoms with E-state index >= 15 is 0 Å². The summed E-state index contributed by atoms with van der Waals surface area (Å²) in [7, 11) is 0. The van der Waals surface area contributed by atoms with E-state index in [1.165, 1.54) is 0 Å². The molecule has 0 saturated heterocycles. The minimum absolute atomic E-state index is 0.145. The smallest absolute Gasteiger partial charge is 0.320 e. The van der Waals surface area contributed by atoms with Crippen LogP contribution >= 0.6 is 0 Å². The Hall–Kier alpha value is -0.390. The Kier molecular flexibility index (Phi) is 3.04. The van der Waals surface area contributed by atoms with Crippen LogP contribution in [0.1, 0.15) is 25.7 Å². The highest BCUT2D eigenvalue weighted by molar-refractivity contribution is 4.86. The van der Waals surface area contributed by atoms with Gasteiger partial charge in [-0.05, 0) is 18.8 Å². The summed E-state index contributed by atoms with van der Waals surface area (Å²) in [5.74, 6) is -3.66. The van der Waals surface area contributed by atoms with E-state index in [0.717, 1.165) is 0 Å². The fourth-order valence-electron chi connectivity index (χ4n) is 1.69. The van der Waals surface area contributed by atoms with Crippen LogP contribution in [-0.2, 0) is 0 Å². The molecule has 0 aromatic carbocycles. The van der Waals surface area contributed by atoms with Gasteiger partial charge in [-0.25, -0.2) is 8.78 Å². The van der Waals surface area contributed by atoms with Gasteiger partial charge in [0.1, 0.15) is 6.04 Å². The molecule has 1 fully saturated rings. The third-order valence-electron chi connectivity index (χ3n) is 2.65.